The van der Waals surface area contributed by atoms with Gasteiger partial charge in [0.2, 0.25) is 5.91 Å². The van der Waals surface area contributed by atoms with Crippen LogP contribution >= 0.6 is 0 Å². The van der Waals surface area contributed by atoms with Crippen LogP contribution in [0.5, 0.6) is 0 Å². The number of benzene rings is 2. The number of amides is 1. The summed E-state index contributed by atoms with van der Waals surface area (Å²) in [5.41, 5.74) is 1.25. The first-order valence-corrected chi connectivity index (χ1v) is 13.6. The highest BCUT2D eigenvalue weighted by Crippen LogP contribution is 2.33. The summed E-state index contributed by atoms with van der Waals surface area (Å²) >= 11 is 0. The van der Waals surface area contributed by atoms with E-state index in [1.165, 1.54) is 35.7 Å². The van der Waals surface area contributed by atoms with Gasteiger partial charge in [0.05, 0.1) is 0 Å². The SMILES string of the molecule is O=C(C1CCN(c2nnc(N3CCCCC3)c3ccccc23)CC1)N1CCN(c2ccccc2)CC1. The Bertz CT molecular complexity index is 1180. The number of nitrogens with zero attached hydrogens (tertiary/aromatic N) is 6. The van der Waals surface area contributed by atoms with E-state index in [1.807, 2.05) is 6.07 Å². The lowest BCUT2D eigenvalue weighted by molar-refractivity contribution is -0.136. The van der Waals surface area contributed by atoms with Gasteiger partial charge in [-0.2, -0.15) is 0 Å². The van der Waals surface area contributed by atoms with Crippen molar-refractivity contribution in [3.8, 4) is 0 Å². The van der Waals surface area contributed by atoms with E-state index in [0.717, 1.165) is 76.8 Å². The molecule has 0 aliphatic carbocycles. The molecule has 0 unspecified atom stereocenters. The van der Waals surface area contributed by atoms with Crippen molar-refractivity contribution in [2.75, 3.05) is 67.1 Å². The van der Waals surface area contributed by atoms with Crippen molar-refractivity contribution < 1.29 is 4.79 Å². The highest BCUT2D eigenvalue weighted by atomic mass is 16.2. The molecule has 6 rings (SSSR count). The third kappa shape index (κ3) is 4.59. The van der Waals surface area contributed by atoms with Crippen LogP contribution in [0.15, 0.2) is 54.6 Å². The van der Waals surface area contributed by atoms with E-state index in [1.54, 1.807) is 0 Å². The molecule has 3 aliphatic heterocycles. The topological polar surface area (TPSA) is 55.8 Å². The van der Waals surface area contributed by atoms with E-state index >= 15 is 0 Å². The van der Waals surface area contributed by atoms with Crippen molar-refractivity contribution in [2.24, 2.45) is 5.92 Å². The number of piperidine rings is 2. The van der Waals surface area contributed by atoms with Gasteiger partial charge >= 0.3 is 0 Å². The second-order valence-electron chi connectivity index (χ2n) is 10.3. The molecule has 188 valence electrons. The molecule has 4 heterocycles. The predicted molar refractivity (Wildman–Crippen MR) is 146 cm³/mol. The van der Waals surface area contributed by atoms with Crippen molar-refractivity contribution in [3.63, 3.8) is 0 Å². The molecule has 1 aromatic heterocycles. The highest BCUT2D eigenvalue weighted by molar-refractivity contribution is 5.99. The highest BCUT2D eigenvalue weighted by Gasteiger charge is 2.31. The number of piperazine rings is 1. The maximum absolute atomic E-state index is 13.3. The van der Waals surface area contributed by atoms with Gasteiger partial charge in [-0.1, -0.05) is 42.5 Å². The minimum Gasteiger partial charge on any atom is -0.368 e. The van der Waals surface area contributed by atoms with Crippen molar-refractivity contribution in [1.82, 2.24) is 15.1 Å². The average molecular weight is 485 g/mol. The Morgan fingerprint density at radius 1 is 0.611 bits per heavy atom. The molecule has 36 heavy (non-hydrogen) atoms. The number of rotatable bonds is 4. The molecule has 3 aromatic rings. The first kappa shape index (κ1) is 23.1. The fourth-order valence-electron chi connectivity index (χ4n) is 6.07. The van der Waals surface area contributed by atoms with Crippen LogP contribution in [0.4, 0.5) is 17.3 Å². The number of carbonyl (C=O) groups is 1. The minimum atomic E-state index is 0.108. The zero-order valence-electron chi connectivity index (χ0n) is 21.1. The lowest BCUT2D eigenvalue weighted by atomic mass is 9.94. The smallest absolute Gasteiger partial charge is 0.225 e. The van der Waals surface area contributed by atoms with E-state index in [-0.39, 0.29) is 5.92 Å². The molecule has 0 bridgehead atoms. The van der Waals surface area contributed by atoms with Crippen molar-refractivity contribution in [2.45, 2.75) is 32.1 Å². The number of carbonyl (C=O) groups excluding carboxylic acids is 1. The van der Waals surface area contributed by atoms with E-state index in [0.29, 0.717) is 5.91 Å². The summed E-state index contributed by atoms with van der Waals surface area (Å²) in [4.78, 5) is 22.5. The molecule has 7 nitrogen and oxygen atoms in total. The molecule has 0 N–H and O–H groups in total. The number of hydrogen-bond acceptors (Lipinski definition) is 6. The van der Waals surface area contributed by atoms with Crippen molar-refractivity contribution in [3.05, 3.63) is 54.6 Å². The van der Waals surface area contributed by atoms with Crippen LogP contribution in [0.25, 0.3) is 10.8 Å². The largest absolute Gasteiger partial charge is 0.368 e. The fourth-order valence-corrected chi connectivity index (χ4v) is 6.07. The van der Waals surface area contributed by atoms with Crippen LogP contribution in [0.2, 0.25) is 0 Å². The lowest BCUT2D eigenvalue weighted by Gasteiger charge is -2.39. The third-order valence-electron chi connectivity index (χ3n) is 8.16. The molecular formula is C29H36N6O. The van der Waals surface area contributed by atoms with E-state index in [2.05, 4.69) is 68.1 Å². The Labute approximate surface area is 213 Å². The van der Waals surface area contributed by atoms with Crippen LogP contribution < -0.4 is 14.7 Å². The molecule has 0 radical (unpaired) electrons. The Hall–Kier alpha value is -3.35. The molecule has 3 fully saturated rings. The number of fused-ring (bicyclic) bond motifs is 1. The summed E-state index contributed by atoms with van der Waals surface area (Å²) in [5, 5.41) is 11.8. The molecule has 3 saturated heterocycles. The van der Waals surface area contributed by atoms with Gasteiger partial charge in [0.25, 0.3) is 0 Å². The average Bonchev–Trinajstić information content (AvgIpc) is 2.97. The summed E-state index contributed by atoms with van der Waals surface area (Å²) in [7, 11) is 0. The molecule has 3 aliphatic rings. The zero-order chi connectivity index (χ0) is 24.3. The molecular weight excluding hydrogens is 448 g/mol. The van der Waals surface area contributed by atoms with Crippen LogP contribution in [0, 0.1) is 5.92 Å². The van der Waals surface area contributed by atoms with E-state index in [4.69, 9.17) is 10.2 Å². The Kier molecular flexibility index (Phi) is 6.62. The third-order valence-corrected chi connectivity index (χ3v) is 8.16. The predicted octanol–water partition coefficient (Wildman–Crippen LogP) is 4.19. The number of aromatic nitrogens is 2. The zero-order valence-corrected chi connectivity index (χ0v) is 21.1. The lowest BCUT2D eigenvalue weighted by Crippen LogP contribution is -2.51. The van der Waals surface area contributed by atoms with Crippen molar-refractivity contribution >= 4 is 34.0 Å². The maximum Gasteiger partial charge on any atom is 0.225 e. The molecule has 7 heteroatoms. The molecule has 0 saturated carbocycles. The Morgan fingerprint density at radius 3 is 1.78 bits per heavy atom. The van der Waals surface area contributed by atoms with Gasteiger partial charge in [-0.25, -0.2) is 0 Å². The van der Waals surface area contributed by atoms with Crippen LogP contribution in [-0.2, 0) is 4.79 Å². The monoisotopic (exact) mass is 484 g/mol. The van der Waals surface area contributed by atoms with Crippen molar-refractivity contribution in [1.29, 1.82) is 0 Å². The quantitative estimate of drug-likeness (QED) is 0.554. The molecule has 2 aromatic carbocycles. The van der Waals surface area contributed by atoms with Gasteiger partial charge in [-0.15, -0.1) is 10.2 Å². The van der Waals surface area contributed by atoms with Crippen LogP contribution in [0.1, 0.15) is 32.1 Å². The fraction of sp³-hybridized carbons (Fsp3) is 0.483. The van der Waals surface area contributed by atoms with Gasteiger partial charge in [-0.3, -0.25) is 4.79 Å². The van der Waals surface area contributed by atoms with E-state index < -0.39 is 0 Å². The summed E-state index contributed by atoms with van der Waals surface area (Å²) in [6, 6.07) is 19.1. The maximum atomic E-state index is 13.3. The molecule has 1 amide bonds. The van der Waals surface area contributed by atoms with Gasteiger partial charge in [0.1, 0.15) is 0 Å². The Morgan fingerprint density at radius 2 is 1.17 bits per heavy atom. The summed E-state index contributed by atoms with van der Waals surface area (Å²) in [5.74, 6) is 2.43. The number of anilines is 3. The van der Waals surface area contributed by atoms with Gasteiger partial charge < -0.3 is 19.6 Å². The second kappa shape index (κ2) is 10.3. The second-order valence-corrected chi connectivity index (χ2v) is 10.3. The van der Waals surface area contributed by atoms with Gasteiger partial charge in [0.15, 0.2) is 11.6 Å². The number of hydrogen-bond donors (Lipinski definition) is 0. The summed E-state index contributed by atoms with van der Waals surface area (Å²) in [6.07, 6.45) is 5.50. The van der Waals surface area contributed by atoms with Gasteiger partial charge in [0, 0.05) is 74.7 Å². The standard InChI is InChI=1S/C29H36N6O/c36-29(35-21-19-32(20-22-35)24-9-3-1-4-10-24)23-13-17-34(18-14-23)28-26-12-6-5-11-25(26)27(30-31-28)33-15-7-2-8-16-33/h1,3-6,9-12,23H,2,7-8,13-22H2. The first-order valence-electron chi connectivity index (χ1n) is 13.6. The van der Waals surface area contributed by atoms with Crippen LogP contribution in [-0.4, -0.2) is 73.4 Å². The van der Waals surface area contributed by atoms with Crippen LogP contribution in [0.3, 0.4) is 0 Å². The normalized spacial score (nSPS) is 19.7. The first-order chi connectivity index (χ1) is 17.8. The Balaban J connectivity index is 1.10. The minimum absolute atomic E-state index is 0.108. The molecule has 0 spiro atoms. The number of para-hydroxylation sites is 1. The summed E-state index contributed by atoms with van der Waals surface area (Å²) in [6.45, 7) is 7.24. The van der Waals surface area contributed by atoms with E-state index in [9.17, 15) is 4.79 Å². The molecule has 0 atom stereocenters. The van der Waals surface area contributed by atoms with Gasteiger partial charge in [-0.05, 0) is 44.2 Å². The summed E-state index contributed by atoms with van der Waals surface area (Å²) < 4.78 is 0.